The topological polar surface area (TPSA) is 90.4 Å². The number of hydrogen-bond donors (Lipinski definition) is 1. The van der Waals surface area contributed by atoms with E-state index in [9.17, 15) is 8.42 Å². The van der Waals surface area contributed by atoms with Crippen molar-refractivity contribution in [3.63, 3.8) is 0 Å². The fourth-order valence-corrected chi connectivity index (χ4v) is 4.05. The van der Waals surface area contributed by atoms with E-state index in [1.165, 1.54) is 0 Å². The standard InChI is InChI=1S/C11H14N4O2S/c12-6-8-2-1-4-15-11(8)13-10(14-15)9-3-5-18(16,17)7-9/h1-2,4,9H,3,5-7,12H2. The van der Waals surface area contributed by atoms with Crippen molar-refractivity contribution < 1.29 is 8.42 Å². The molecule has 0 bridgehead atoms. The predicted octanol–water partition coefficient (Wildman–Crippen LogP) is 0.0901. The molecule has 7 heteroatoms. The van der Waals surface area contributed by atoms with E-state index in [2.05, 4.69) is 10.1 Å². The lowest BCUT2D eigenvalue weighted by Gasteiger charge is -1.98. The highest BCUT2D eigenvalue weighted by Crippen LogP contribution is 2.27. The van der Waals surface area contributed by atoms with Gasteiger partial charge < -0.3 is 5.73 Å². The molecule has 1 fully saturated rings. The fourth-order valence-electron chi connectivity index (χ4n) is 2.31. The largest absolute Gasteiger partial charge is 0.326 e. The molecule has 6 nitrogen and oxygen atoms in total. The third kappa shape index (κ3) is 1.89. The van der Waals surface area contributed by atoms with Gasteiger partial charge in [-0.1, -0.05) is 6.07 Å². The fraction of sp³-hybridized carbons (Fsp3) is 0.455. The van der Waals surface area contributed by atoms with Crippen LogP contribution in [0.3, 0.4) is 0 Å². The lowest BCUT2D eigenvalue weighted by Crippen LogP contribution is -2.05. The molecule has 0 aromatic carbocycles. The van der Waals surface area contributed by atoms with Gasteiger partial charge in [-0.15, -0.1) is 0 Å². The first-order valence-electron chi connectivity index (χ1n) is 5.84. The summed E-state index contributed by atoms with van der Waals surface area (Å²) in [5.74, 6) is 0.913. The normalized spacial score (nSPS) is 22.6. The lowest BCUT2D eigenvalue weighted by atomic mass is 10.1. The molecule has 0 aliphatic carbocycles. The summed E-state index contributed by atoms with van der Waals surface area (Å²) in [7, 11) is -2.91. The molecule has 0 saturated carbocycles. The molecule has 1 atom stereocenters. The highest BCUT2D eigenvalue weighted by Gasteiger charge is 2.31. The zero-order valence-electron chi connectivity index (χ0n) is 9.78. The third-order valence-electron chi connectivity index (χ3n) is 3.28. The molecule has 96 valence electrons. The van der Waals surface area contributed by atoms with Crippen LogP contribution in [0.15, 0.2) is 18.3 Å². The van der Waals surface area contributed by atoms with Gasteiger partial charge in [-0.05, 0) is 12.5 Å². The highest BCUT2D eigenvalue weighted by molar-refractivity contribution is 7.91. The molecule has 2 aromatic heterocycles. The van der Waals surface area contributed by atoms with Crippen LogP contribution in [0.25, 0.3) is 5.65 Å². The maximum absolute atomic E-state index is 11.5. The molecular formula is C11H14N4O2S. The monoisotopic (exact) mass is 266 g/mol. The number of aromatic nitrogens is 3. The van der Waals surface area contributed by atoms with Gasteiger partial charge in [0.1, 0.15) is 0 Å². The van der Waals surface area contributed by atoms with Crippen molar-refractivity contribution in [1.29, 1.82) is 0 Å². The van der Waals surface area contributed by atoms with Crippen LogP contribution in [-0.4, -0.2) is 34.5 Å². The second-order valence-corrected chi connectivity index (χ2v) is 6.80. The summed E-state index contributed by atoms with van der Waals surface area (Å²) in [6, 6.07) is 3.76. The molecule has 2 N–H and O–H groups in total. The van der Waals surface area contributed by atoms with E-state index >= 15 is 0 Å². The van der Waals surface area contributed by atoms with Crippen LogP contribution in [0, 0.1) is 0 Å². The number of fused-ring (bicyclic) bond motifs is 1. The Morgan fingerprint density at radius 1 is 1.50 bits per heavy atom. The maximum atomic E-state index is 11.5. The van der Waals surface area contributed by atoms with Crippen LogP contribution in [0.2, 0.25) is 0 Å². The Bertz CT molecular complexity index is 692. The summed E-state index contributed by atoms with van der Waals surface area (Å²) in [6.45, 7) is 0.394. The minimum atomic E-state index is -2.91. The molecule has 3 rings (SSSR count). The number of nitrogens with two attached hydrogens (primary N) is 1. The van der Waals surface area contributed by atoms with Gasteiger partial charge in [-0.2, -0.15) is 5.10 Å². The first-order valence-corrected chi connectivity index (χ1v) is 7.66. The van der Waals surface area contributed by atoms with E-state index in [0.717, 1.165) is 11.2 Å². The summed E-state index contributed by atoms with van der Waals surface area (Å²) in [6.07, 6.45) is 2.41. The van der Waals surface area contributed by atoms with Gasteiger partial charge in [-0.25, -0.2) is 17.9 Å². The van der Waals surface area contributed by atoms with Crippen LogP contribution < -0.4 is 5.73 Å². The van der Waals surface area contributed by atoms with Crippen molar-refractivity contribution in [1.82, 2.24) is 14.6 Å². The number of sulfone groups is 1. The molecule has 0 radical (unpaired) electrons. The van der Waals surface area contributed by atoms with Crippen LogP contribution in [-0.2, 0) is 16.4 Å². The maximum Gasteiger partial charge on any atom is 0.160 e. The molecule has 3 heterocycles. The quantitative estimate of drug-likeness (QED) is 0.832. The van der Waals surface area contributed by atoms with Crippen molar-refractivity contribution in [3.8, 4) is 0 Å². The molecule has 0 spiro atoms. The van der Waals surface area contributed by atoms with Gasteiger partial charge in [0.15, 0.2) is 21.3 Å². The Hall–Kier alpha value is -1.47. The number of pyridine rings is 1. The zero-order valence-corrected chi connectivity index (χ0v) is 10.6. The average Bonchev–Trinajstić information content (AvgIpc) is 2.91. The van der Waals surface area contributed by atoms with Crippen molar-refractivity contribution in [2.45, 2.75) is 18.9 Å². The summed E-state index contributed by atoms with van der Waals surface area (Å²) in [5.41, 5.74) is 7.28. The Morgan fingerprint density at radius 2 is 2.33 bits per heavy atom. The van der Waals surface area contributed by atoms with Crippen LogP contribution >= 0.6 is 0 Å². The Labute approximate surface area is 105 Å². The zero-order chi connectivity index (χ0) is 12.8. The molecule has 1 aliphatic rings. The minimum Gasteiger partial charge on any atom is -0.326 e. The minimum absolute atomic E-state index is 0.0828. The van der Waals surface area contributed by atoms with Crippen molar-refractivity contribution in [3.05, 3.63) is 29.7 Å². The van der Waals surface area contributed by atoms with Crippen LogP contribution in [0.5, 0.6) is 0 Å². The summed E-state index contributed by atoms with van der Waals surface area (Å²) < 4.78 is 24.6. The molecule has 1 unspecified atom stereocenters. The SMILES string of the molecule is NCc1cccn2nc(C3CCS(=O)(=O)C3)nc12. The summed E-state index contributed by atoms with van der Waals surface area (Å²) in [4.78, 5) is 4.44. The average molecular weight is 266 g/mol. The lowest BCUT2D eigenvalue weighted by molar-refractivity contribution is 0.601. The summed E-state index contributed by atoms with van der Waals surface area (Å²) >= 11 is 0. The van der Waals surface area contributed by atoms with Gasteiger partial charge >= 0.3 is 0 Å². The van der Waals surface area contributed by atoms with Crippen LogP contribution in [0.1, 0.15) is 23.7 Å². The first-order chi connectivity index (χ1) is 8.59. The van der Waals surface area contributed by atoms with E-state index in [4.69, 9.17) is 5.73 Å². The van der Waals surface area contributed by atoms with Crippen molar-refractivity contribution in [2.24, 2.45) is 5.73 Å². The van der Waals surface area contributed by atoms with Crippen molar-refractivity contribution >= 4 is 15.5 Å². The van der Waals surface area contributed by atoms with E-state index in [1.807, 2.05) is 12.1 Å². The van der Waals surface area contributed by atoms with Crippen LogP contribution in [0.4, 0.5) is 0 Å². The molecule has 0 amide bonds. The molecule has 1 aliphatic heterocycles. The molecule has 18 heavy (non-hydrogen) atoms. The van der Waals surface area contributed by atoms with E-state index in [0.29, 0.717) is 18.8 Å². The summed E-state index contributed by atoms with van der Waals surface area (Å²) in [5, 5.41) is 4.35. The van der Waals surface area contributed by atoms with Crippen molar-refractivity contribution in [2.75, 3.05) is 11.5 Å². The van der Waals surface area contributed by atoms with Gasteiger partial charge in [0, 0.05) is 24.2 Å². The second-order valence-electron chi connectivity index (χ2n) is 4.58. The highest BCUT2D eigenvalue weighted by atomic mass is 32.2. The number of nitrogens with zero attached hydrogens (tertiary/aromatic N) is 3. The van der Waals surface area contributed by atoms with E-state index in [1.54, 1.807) is 10.7 Å². The smallest absolute Gasteiger partial charge is 0.160 e. The van der Waals surface area contributed by atoms with E-state index in [-0.39, 0.29) is 17.4 Å². The van der Waals surface area contributed by atoms with Gasteiger partial charge in [0.2, 0.25) is 0 Å². The van der Waals surface area contributed by atoms with E-state index < -0.39 is 9.84 Å². The number of rotatable bonds is 2. The number of hydrogen-bond acceptors (Lipinski definition) is 5. The molecule has 2 aromatic rings. The molecule has 1 saturated heterocycles. The van der Waals surface area contributed by atoms with Gasteiger partial charge in [0.05, 0.1) is 11.5 Å². The molecular weight excluding hydrogens is 252 g/mol. The first kappa shape index (κ1) is 11.6. The third-order valence-corrected chi connectivity index (χ3v) is 5.04. The Kier molecular flexibility index (Phi) is 2.60. The second kappa shape index (κ2) is 4.03. The Morgan fingerprint density at radius 3 is 3.00 bits per heavy atom. The van der Waals surface area contributed by atoms with Gasteiger partial charge in [0.25, 0.3) is 0 Å². The predicted molar refractivity (Wildman–Crippen MR) is 66.9 cm³/mol. The van der Waals surface area contributed by atoms with Gasteiger partial charge in [-0.3, -0.25) is 0 Å². The Balaban J connectivity index is 2.04.